The number of hydrogen-bond donors (Lipinski definition) is 0. The van der Waals surface area contributed by atoms with Gasteiger partial charge in [-0.05, 0) is 62.2 Å². The van der Waals surface area contributed by atoms with Gasteiger partial charge in [0.25, 0.3) is 0 Å². The Labute approximate surface area is 199 Å². The molecule has 0 unspecified atom stereocenters. The van der Waals surface area contributed by atoms with E-state index in [-0.39, 0.29) is 11.5 Å². The summed E-state index contributed by atoms with van der Waals surface area (Å²) in [6, 6.07) is 13.4. The summed E-state index contributed by atoms with van der Waals surface area (Å²) >= 11 is 0. The fourth-order valence-corrected chi connectivity index (χ4v) is 4.01. The fourth-order valence-electron chi connectivity index (χ4n) is 4.01. The Morgan fingerprint density at radius 1 is 0.853 bits per heavy atom. The van der Waals surface area contributed by atoms with Crippen molar-refractivity contribution >= 4 is 11.9 Å². The van der Waals surface area contributed by atoms with Crippen LogP contribution in [0.2, 0.25) is 0 Å². The SMILES string of the molecule is COc1ccc(/C=C2\Oc3c(ccc(OCc4cc(C)ccc4C)c3C)C2=O)c(OC)c1OC. The fraction of sp³-hybridized carbons (Fsp3) is 0.250. The first-order valence-electron chi connectivity index (χ1n) is 10.9. The number of methoxy groups -OCH3 is 3. The van der Waals surface area contributed by atoms with Gasteiger partial charge in [-0.1, -0.05) is 23.8 Å². The first-order chi connectivity index (χ1) is 16.4. The normalized spacial score (nSPS) is 13.5. The first kappa shape index (κ1) is 23.2. The molecule has 6 heteroatoms. The molecular weight excluding hydrogens is 432 g/mol. The van der Waals surface area contributed by atoms with Crippen molar-refractivity contribution in [1.82, 2.24) is 0 Å². The Hall–Kier alpha value is -3.93. The third-order valence-electron chi connectivity index (χ3n) is 5.95. The summed E-state index contributed by atoms with van der Waals surface area (Å²) in [6.45, 7) is 6.45. The minimum absolute atomic E-state index is 0.198. The van der Waals surface area contributed by atoms with E-state index in [9.17, 15) is 4.79 Å². The number of ether oxygens (including phenoxy) is 5. The van der Waals surface area contributed by atoms with Crippen molar-refractivity contribution in [3.8, 4) is 28.7 Å². The number of fused-ring (bicyclic) bond motifs is 1. The second kappa shape index (κ2) is 9.51. The average Bonchev–Trinajstić information content (AvgIpc) is 3.16. The standard InChI is InChI=1S/C28H28O6/c1-16-7-8-17(2)20(13-16)15-33-22-12-10-21-25(29)24(34-26(21)18(22)3)14-19-9-11-23(30-4)28(32-6)27(19)31-5/h7-14H,15H2,1-6H3/b24-14-. The van der Waals surface area contributed by atoms with E-state index in [0.29, 0.717) is 46.5 Å². The maximum atomic E-state index is 13.1. The number of Topliss-reactive ketones (excluding diaryl/α,β-unsaturated/α-hetero) is 1. The van der Waals surface area contributed by atoms with Crippen molar-refractivity contribution in [2.75, 3.05) is 21.3 Å². The maximum absolute atomic E-state index is 13.1. The summed E-state index contributed by atoms with van der Waals surface area (Å²) in [4.78, 5) is 13.1. The van der Waals surface area contributed by atoms with E-state index < -0.39 is 0 Å². The Morgan fingerprint density at radius 2 is 1.59 bits per heavy atom. The van der Waals surface area contributed by atoms with Gasteiger partial charge in [-0.2, -0.15) is 0 Å². The van der Waals surface area contributed by atoms with Crippen molar-refractivity contribution in [3.05, 3.63) is 81.6 Å². The molecule has 0 saturated carbocycles. The second-order valence-electron chi connectivity index (χ2n) is 8.15. The van der Waals surface area contributed by atoms with Gasteiger partial charge in [0.05, 0.1) is 26.9 Å². The van der Waals surface area contributed by atoms with Crippen LogP contribution >= 0.6 is 0 Å². The second-order valence-corrected chi connectivity index (χ2v) is 8.15. The predicted molar refractivity (Wildman–Crippen MR) is 130 cm³/mol. The van der Waals surface area contributed by atoms with Gasteiger partial charge >= 0.3 is 0 Å². The number of carbonyl (C=O) groups is 1. The lowest BCUT2D eigenvalue weighted by molar-refractivity contribution is 0.101. The van der Waals surface area contributed by atoms with Crippen LogP contribution in [-0.2, 0) is 6.61 Å². The first-order valence-corrected chi connectivity index (χ1v) is 10.9. The number of aryl methyl sites for hydroxylation is 2. The Kier molecular flexibility index (Phi) is 6.50. The molecule has 4 rings (SSSR count). The van der Waals surface area contributed by atoms with Crippen LogP contribution < -0.4 is 23.7 Å². The number of carbonyl (C=O) groups excluding carboxylic acids is 1. The number of hydrogen-bond acceptors (Lipinski definition) is 6. The molecule has 0 fully saturated rings. The zero-order chi connectivity index (χ0) is 24.4. The highest BCUT2D eigenvalue weighted by molar-refractivity contribution is 6.15. The topological polar surface area (TPSA) is 63.2 Å². The molecule has 0 N–H and O–H groups in total. The van der Waals surface area contributed by atoms with Gasteiger partial charge in [0.15, 0.2) is 17.3 Å². The molecule has 0 radical (unpaired) electrons. The van der Waals surface area contributed by atoms with Crippen LogP contribution in [0, 0.1) is 20.8 Å². The van der Waals surface area contributed by atoms with Gasteiger partial charge in [0.1, 0.15) is 18.1 Å². The molecule has 0 saturated heterocycles. The molecule has 0 aliphatic carbocycles. The van der Waals surface area contributed by atoms with Crippen LogP contribution in [0.15, 0.2) is 48.2 Å². The molecule has 1 heterocycles. The smallest absolute Gasteiger partial charge is 0.231 e. The van der Waals surface area contributed by atoms with Crippen LogP contribution in [0.3, 0.4) is 0 Å². The highest BCUT2D eigenvalue weighted by Gasteiger charge is 2.31. The molecule has 3 aromatic rings. The minimum atomic E-state index is -0.198. The minimum Gasteiger partial charge on any atom is -0.493 e. The van der Waals surface area contributed by atoms with E-state index in [1.54, 1.807) is 31.4 Å². The van der Waals surface area contributed by atoms with Gasteiger partial charge in [-0.3, -0.25) is 4.79 Å². The Morgan fingerprint density at radius 3 is 2.29 bits per heavy atom. The van der Waals surface area contributed by atoms with Crippen LogP contribution in [0.5, 0.6) is 28.7 Å². The summed E-state index contributed by atoms with van der Waals surface area (Å²) in [5, 5.41) is 0. The summed E-state index contributed by atoms with van der Waals surface area (Å²) < 4.78 is 28.4. The van der Waals surface area contributed by atoms with E-state index in [1.807, 2.05) is 13.0 Å². The molecular formula is C28H28O6. The van der Waals surface area contributed by atoms with Crippen molar-refractivity contribution in [1.29, 1.82) is 0 Å². The van der Waals surface area contributed by atoms with Crippen molar-refractivity contribution in [3.63, 3.8) is 0 Å². The summed E-state index contributed by atoms with van der Waals surface area (Å²) in [5.41, 5.74) is 5.40. The van der Waals surface area contributed by atoms with Crippen molar-refractivity contribution in [2.24, 2.45) is 0 Å². The molecule has 0 spiro atoms. The van der Waals surface area contributed by atoms with E-state index >= 15 is 0 Å². The lowest BCUT2D eigenvalue weighted by Crippen LogP contribution is -2.00. The quantitative estimate of drug-likeness (QED) is 0.413. The van der Waals surface area contributed by atoms with Gasteiger partial charge in [-0.15, -0.1) is 0 Å². The lowest BCUT2D eigenvalue weighted by Gasteiger charge is -2.14. The number of allylic oxidation sites excluding steroid dienone is 1. The van der Waals surface area contributed by atoms with Crippen LogP contribution in [0.25, 0.3) is 6.08 Å². The van der Waals surface area contributed by atoms with E-state index in [4.69, 9.17) is 23.7 Å². The number of benzene rings is 3. The van der Waals surface area contributed by atoms with Crippen molar-refractivity contribution < 1.29 is 28.5 Å². The van der Waals surface area contributed by atoms with Crippen molar-refractivity contribution in [2.45, 2.75) is 27.4 Å². The molecule has 34 heavy (non-hydrogen) atoms. The molecule has 0 aromatic heterocycles. The van der Waals surface area contributed by atoms with Gasteiger partial charge in [0.2, 0.25) is 11.5 Å². The molecule has 0 amide bonds. The van der Waals surface area contributed by atoms with Crippen LogP contribution in [0.1, 0.15) is 38.2 Å². The van der Waals surface area contributed by atoms with Crippen LogP contribution in [0.4, 0.5) is 0 Å². The molecule has 1 aliphatic rings. The highest BCUT2D eigenvalue weighted by Crippen LogP contribution is 2.43. The third kappa shape index (κ3) is 4.19. The zero-order valence-corrected chi connectivity index (χ0v) is 20.3. The van der Waals surface area contributed by atoms with E-state index in [2.05, 4.69) is 32.0 Å². The summed E-state index contributed by atoms with van der Waals surface area (Å²) in [7, 11) is 4.63. The largest absolute Gasteiger partial charge is 0.493 e. The lowest BCUT2D eigenvalue weighted by atomic mass is 10.0. The Bertz CT molecular complexity index is 1290. The predicted octanol–water partition coefficient (Wildman–Crippen LogP) is 5.83. The van der Waals surface area contributed by atoms with Gasteiger partial charge < -0.3 is 23.7 Å². The molecule has 6 nitrogen and oxygen atoms in total. The summed E-state index contributed by atoms with van der Waals surface area (Å²) in [6.07, 6.45) is 1.65. The van der Waals surface area contributed by atoms with Crippen LogP contribution in [-0.4, -0.2) is 27.1 Å². The summed E-state index contributed by atoms with van der Waals surface area (Å²) in [5.74, 6) is 2.62. The maximum Gasteiger partial charge on any atom is 0.231 e. The van der Waals surface area contributed by atoms with E-state index in [0.717, 1.165) is 11.1 Å². The monoisotopic (exact) mass is 460 g/mol. The molecule has 3 aromatic carbocycles. The molecule has 0 bridgehead atoms. The molecule has 0 atom stereocenters. The third-order valence-corrected chi connectivity index (χ3v) is 5.95. The molecule has 1 aliphatic heterocycles. The number of ketones is 1. The van der Waals surface area contributed by atoms with Gasteiger partial charge in [-0.25, -0.2) is 0 Å². The highest BCUT2D eigenvalue weighted by atomic mass is 16.5. The van der Waals surface area contributed by atoms with Gasteiger partial charge in [0, 0.05) is 11.1 Å². The molecule has 176 valence electrons. The zero-order valence-electron chi connectivity index (χ0n) is 20.3. The average molecular weight is 461 g/mol. The number of rotatable bonds is 7. The Balaban J connectivity index is 1.63. The van der Waals surface area contributed by atoms with E-state index in [1.165, 1.54) is 25.3 Å².